The molecular weight excluding hydrogens is 266 g/mol. The van der Waals surface area contributed by atoms with Crippen LogP contribution in [0.5, 0.6) is 11.5 Å². The van der Waals surface area contributed by atoms with Crippen molar-refractivity contribution < 1.29 is 9.47 Å². The van der Waals surface area contributed by atoms with Crippen molar-refractivity contribution >= 4 is 0 Å². The Bertz CT molecular complexity index is 453. The summed E-state index contributed by atoms with van der Waals surface area (Å²) >= 11 is 0. The van der Waals surface area contributed by atoms with Gasteiger partial charge >= 0.3 is 0 Å². The van der Waals surface area contributed by atoms with E-state index < -0.39 is 0 Å². The number of nitrogens with one attached hydrogen (secondary N) is 1. The van der Waals surface area contributed by atoms with Gasteiger partial charge in [0.2, 0.25) is 0 Å². The Morgan fingerprint density at radius 2 is 2.19 bits per heavy atom. The topological polar surface area (TPSA) is 46.6 Å². The summed E-state index contributed by atoms with van der Waals surface area (Å²) in [6.45, 7) is 7.43. The van der Waals surface area contributed by atoms with Crippen LogP contribution in [0.1, 0.15) is 32.4 Å². The van der Waals surface area contributed by atoms with Crippen LogP contribution in [0.15, 0.2) is 12.3 Å². The maximum Gasteiger partial charge on any atom is 0.183 e. The summed E-state index contributed by atoms with van der Waals surface area (Å²) in [7, 11) is 3.33. The molecule has 5 nitrogen and oxygen atoms in total. The number of methoxy groups -OCH3 is 2. The molecule has 5 heteroatoms. The van der Waals surface area contributed by atoms with E-state index in [2.05, 4.69) is 29.0 Å². The van der Waals surface area contributed by atoms with Gasteiger partial charge in [0, 0.05) is 37.4 Å². The molecular formula is C16H27N3O2. The zero-order valence-electron chi connectivity index (χ0n) is 13.6. The summed E-state index contributed by atoms with van der Waals surface area (Å²) in [5, 5.41) is 3.61. The minimum Gasteiger partial charge on any atom is -0.493 e. The number of hydrogen-bond acceptors (Lipinski definition) is 5. The van der Waals surface area contributed by atoms with Gasteiger partial charge in [-0.05, 0) is 26.3 Å². The molecule has 1 aromatic heterocycles. The normalized spacial score (nSPS) is 23.6. The first-order valence-electron chi connectivity index (χ1n) is 7.72. The van der Waals surface area contributed by atoms with Gasteiger partial charge in [-0.3, -0.25) is 9.88 Å². The Morgan fingerprint density at radius 1 is 1.38 bits per heavy atom. The summed E-state index contributed by atoms with van der Waals surface area (Å²) in [4.78, 5) is 6.99. The Hall–Kier alpha value is -1.33. The fourth-order valence-electron chi connectivity index (χ4n) is 2.86. The second-order valence-corrected chi connectivity index (χ2v) is 5.62. The molecule has 1 saturated heterocycles. The zero-order chi connectivity index (χ0) is 15.2. The number of aromatic nitrogens is 1. The van der Waals surface area contributed by atoms with Crippen LogP contribution < -0.4 is 14.8 Å². The van der Waals surface area contributed by atoms with Crippen LogP contribution in [0.3, 0.4) is 0 Å². The van der Waals surface area contributed by atoms with Crippen LogP contribution in [0.4, 0.5) is 0 Å². The van der Waals surface area contributed by atoms with E-state index in [1.54, 1.807) is 20.4 Å². The first kappa shape index (κ1) is 16.0. The maximum atomic E-state index is 5.50. The van der Waals surface area contributed by atoms with Crippen molar-refractivity contribution in [3.05, 3.63) is 18.0 Å². The molecule has 1 N–H and O–H groups in total. The molecule has 2 unspecified atom stereocenters. The Kier molecular flexibility index (Phi) is 5.82. The number of pyridine rings is 1. The van der Waals surface area contributed by atoms with Gasteiger partial charge in [0.05, 0.1) is 14.2 Å². The smallest absolute Gasteiger partial charge is 0.183 e. The molecule has 2 rings (SSSR count). The van der Waals surface area contributed by atoms with Gasteiger partial charge in [0.25, 0.3) is 0 Å². The summed E-state index contributed by atoms with van der Waals surface area (Å²) in [5.41, 5.74) is 0.945. The van der Waals surface area contributed by atoms with Crippen molar-refractivity contribution in [2.45, 2.75) is 45.3 Å². The van der Waals surface area contributed by atoms with Gasteiger partial charge in [0.1, 0.15) is 5.69 Å². The summed E-state index contributed by atoms with van der Waals surface area (Å²) < 4.78 is 10.9. The molecule has 1 aromatic rings. The summed E-state index contributed by atoms with van der Waals surface area (Å²) in [5.74, 6) is 1.49. The summed E-state index contributed by atoms with van der Waals surface area (Å²) in [6, 6.07) is 2.92. The first-order valence-corrected chi connectivity index (χ1v) is 7.72. The average Bonchev–Trinajstić information content (AvgIpc) is 2.69. The fourth-order valence-corrected chi connectivity index (χ4v) is 2.86. The number of rotatable bonds is 5. The second kappa shape index (κ2) is 7.61. The Morgan fingerprint density at radius 3 is 2.86 bits per heavy atom. The van der Waals surface area contributed by atoms with E-state index in [9.17, 15) is 0 Å². The van der Waals surface area contributed by atoms with E-state index in [1.807, 2.05) is 6.07 Å². The van der Waals surface area contributed by atoms with Gasteiger partial charge in [-0.2, -0.15) is 0 Å². The van der Waals surface area contributed by atoms with Crippen molar-refractivity contribution in [1.29, 1.82) is 0 Å². The van der Waals surface area contributed by atoms with Crippen molar-refractivity contribution in [2.24, 2.45) is 0 Å². The van der Waals surface area contributed by atoms with Crippen LogP contribution in [0, 0.1) is 0 Å². The van der Waals surface area contributed by atoms with Gasteiger partial charge in [-0.25, -0.2) is 0 Å². The molecule has 1 aliphatic heterocycles. The van der Waals surface area contributed by atoms with E-state index >= 15 is 0 Å². The molecule has 21 heavy (non-hydrogen) atoms. The molecule has 0 bridgehead atoms. The standard InChI is InChI=1S/C16H27N3O2/c1-5-13-10-19(12(2)6-8-17-13)11-14-16(21-4)15(20-3)7-9-18-14/h7,9,12-13,17H,5-6,8,10-11H2,1-4H3. The minimum atomic E-state index is 0.534. The molecule has 0 aromatic carbocycles. The van der Waals surface area contributed by atoms with E-state index in [1.165, 1.54) is 0 Å². The van der Waals surface area contributed by atoms with E-state index in [4.69, 9.17) is 9.47 Å². The van der Waals surface area contributed by atoms with Crippen molar-refractivity contribution in [2.75, 3.05) is 27.3 Å². The predicted octanol–water partition coefficient (Wildman–Crippen LogP) is 2.06. The fraction of sp³-hybridized carbons (Fsp3) is 0.688. The highest BCUT2D eigenvalue weighted by Crippen LogP contribution is 2.30. The molecule has 2 heterocycles. The van der Waals surface area contributed by atoms with Gasteiger partial charge in [-0.1, -0.05) is 6.92 Å². The van der Waals surface area contributed by atoms with Crippen LogP contribution >= 0.6 is 0 Å². The molecule has 1 fully saturated rings. The first-order chi connectivity index (χ1) is 10.2. The Balaban J connectivity index is 2.19. The van der Waals surface area contributed by atoms with Crippen LogP contribution in [-0.2, 0) is 6.54 Å². The molecule has 0 aliphatic carbocycles. The molecule has 0 radical (unpaired) electrons. The third-order valence-electron chi connectivity index (χ3n) is 4.29. The van der Waals surface area contributed by atoms with Crippen LogP contribution in [-0.4, -0.2) is 49.3 Å². The molecule has 1 aliphatic rings. The van der Waals surface area contributed by atoms with Crippen molar-refractivity contribution in [1.82, 2.24) is 15.2 Å². The zero-order valence-corrected chi connectivity index (χ0v) is 13.6. The molecule has 118 valence electrons. The molecule has 0 amide bonds. The lowest BCUT2D eigenvalue weighted by molar-refractivity contribution is 0.189. The monoisotopic (exact) mass is 293 g/mol. The summed E-state index contributed by atoms with van der Waals surface area (Å²) in [6.07, 6.45) is 4.09. The lowest BCUT2D eigenvalue weighted by Gasteiger charge is -2.29. The third-order valence-corrected chi connectivity index (χ3v) is 4.29. The van der Waals surface area contributed by atoms with Gasteiger partial charge in [0.15, 0.2) is 11.5 Å². The van der Waals surface area contributed by atoms with Gasteiger partial charge in [-0.15, -0.1) is 0 Å². The number of hydrogen-bond donors (Lipinski definition) is 1. The molecule has 0 saturated carbocycles. The Labute approximate surface area is 127 Å². The predicted molar refractivity (Wildman–Crippen MR) is 83.9 cm³/mol. The number of nitrogens with zero attached hydrogens (tertiary/aromatic N) is 2. The van der Waals surface area contributed by atoms with Crippen molar-refractivity contribution in [3.63, 3.8) is 0 Å². The SMILES string of the molecule is CCC1CN(Cc2nccc(OC)c2OC)C(C)CCN1. The quantitative estimate of drug-likeness (QED) is 0.900. The molecule has 0 spiro atoms. The largest absolute Gasteiger partial charge is 0.493 e. The minimum absolute atomic E-state index is 0.534. The van der Waals surface area contributed by atoms with E-state index in [0.29, 0.717) is 12.1 Å². The highest BCUT2D eigenvalue weighted by atomic mass is 16.5. The lowest BCUT2D eigenvalue weighted by atomic mass is 10.1. The highest BCUT2D eigenvalue weighted by molar-refractivity contribution is 5.42. The maximum absolute atomic E-state index is 5.50. The van der Waals surface area contributed by atoms with E-state index in [-0.39, 0.29) is 0 Å². The third kappa shape index (κ3) is 3.86. The highest BCUT2D eigenvalue weighted by Gasteiger charge is 2.24. The second-order valence-electron chi connectivity index (χ2n) is 5.62. The van der Waals surface area contributed by atoms with E-state index in [0.717, 1.165) is 49.7 Å². The average molecular weight is 293 g/mol. The lowest BCUT2D eigenvalue weighted by Crippen LogP contribution is -2.39. The van der Waals surface area contributed by atoms with Crippen LogP contribution in [0.25, 0.3) is 0 Å². The molecule has 2 atom stereocenters. The van der Waals surface area contributed by atoms with Crippen LogP contribution in [0.2, 0.25) is 0 Å². The van der Waals surface area contributed by atoms with Gasteiger partial charge < -0.3 is 14.8 Å². The number of ether oxygens (including phenoxy) is 2. The van der Waals surface area contributed by atoms with Crippen molar-refractivity contribution in [3.8, 4) is 11.5 Å².